The molecule has 0 radical (unpaired) electrons. The van der Waals surface area contributed by atoms with Crippen molar-refractivity contribution < 1.29 is 9.59 Å². The highest BCUT2D eigenvalue weighted by Gasteiger charge is 2.10. The van der Waals surface area contributed by atoms with E-state index < -0.39 is 0 Å². The van der Waals surface area contributed by atoms with E-state index >= 15 is 0 Å². The zero-order valence-corrected chi connectivity index (χ0v) is 16.5. The topological polar surface area (TPSA) is 61.4 Å². The molecule has 3 aromatic carbocycles. The van der Waals surface area contributed by atoms with Gasteiger partial charge in [0.25, 0.3) is 5.91 Å². The summed E-state index contributed by atoms with van der Waals surface area (Å²) >= 11 is 0. The van der Waals surface area contributed by atoms with Crippen LogP contribution in [0.25, 0.3) is 0 Å². The van der Waals surface area contributed by atoms with Crippen LogP contribution in [0.2, 0.25) is 0 Å². The molecule has 0 unspecified atom stereocenters. The zero-order chi connectivity index (χ0) is 20.5. The minimum absolute atomic E-state index is 0.0206. The van der Waals surface area contributed by atoms with E-state index in [1.807, 2.05) is 66.7 Å². The van der Waals surface area contributed by atoms with Gasteiger partial charge in [-0.1, -0.05) is 66.7 Å². The molecule has 29 heavy (non-hydrogen) atoms. The van der Waals surface area contributed by atoms with E-state index in [2.05, 4.69) is 10.6 Å². The number of carbonyl (C=O) groups excluding carboxylic acids is 2. The summed E-state index contributed by atoms with van der Waals surface area (Å²) in [5.41, 5.74) is 3.41. The van der Waals surface area contributed by atoms with Crippen molar-refractivity contribution in [1.82, 2.24) is 10.2 Å². The minimum atomic E-state index is -0.148. The molecule has 0 aliphatic rings. The van der Waals surface area contributed by atoms with E-state index in [-0.39, 0.29) is 18.4 Å². The zero-order valence-electron chi connectivity index (χ0n) is 16.5. The Labute approximate surface area is 171 Å². The van der Waals surface area contributed by atoms with Crippen molar-refractivity contribution in [3.63, 3.8) is 0 Å². The van der Waals surface area contributed by atoms with Gasteiger partial charge in [-0.2, -0.15) is 0 Å². The maximum absolute atomic E-state index is 12.4. The van der Waals surface area contributed by atoms with Gasteiger partial charge in [-0.25, -0.2) is 0 Å². The molecule has 2 N–H and O–H groups in total. The van der Waals surface area contributed by atoms with Crippen molar-refractivity contribution in [1.29, 1.82) is 0 Å². The highest BCUT2D eigenvalue weighted by molar-refractivity contribution is 5.95. The smallest absolute Gasteiger partial charge is 0.251 e. The van der Waals surface area contributed by atoms with Gasteiger partial charge in [-0.15, -0.1) is 0 Å². The lowest BCUT2D eigenvalue weighted by molar-refractivity contribution is -0.128. The summed E-state index contributed by atoms with van der Waals surface area (Å²) < 4.78 is 0. The van der Waals surface area contributed by atoms with Crippen LogP contribution in [0.1, 0.15) is 21.5 Å². The number of hydrogen-bond acceptors (Lipinski definition) is 3. The predicted molar refractivity (Wildman–Crippen MR) is 115 cm³/mol. The average Bonchev–Trinajstić information content (AvgIpc) is 2.77. The number of carbonyl (C=O) groups is 2. The maximum atomic E-state index is 12.4. The van der Waals surface area contributed by atoms with Crippen LogP contribution in [0, 0.1) is 0 Å². The second-order valence-electron chi connectivity index (χ2n) is 6.84. The summed E-state index contributed by atoms with van der Waals surface area (Å²) in [6, 6.07) is 26.8. The summed E-state index contributed by atoms with van der Waals surface area (Å²) in [5, 5.41) is 6.02. The fourth-order valence-electron chi connectivity index (χ4n) is 2.91. The van der Waals surface area contributed by atoms with E-state index in [9.17, 15) is 9.59 Å². The van der Waals surface area contributed by atoms with Crippen molar-refractivity contribution in [2.75, 3.05) is 18.9 Å². The molecule has 0 saturated heterocycles. The number of benzene rings is 3. The summed E-state index contributed by atoms with van der Waals surface area (Å²) in [6.45, 7) is 1.20. The molecule has 148 valence electrons. The molecule has 3 rings (SSSR count). The molecular weight excluding hydrogens is 362 g/mol. The number of nitrogens with zero attached hydrogens (tertiary/aromatic N) is 1. The highest BCUT2D eigenvalue weighted by Crippen LogP contribution is 2.11. The van der Waals surface area contributed by atoms with E-state index in [0.29, 0.717) is 18.7 Å². The second kappa shape index (κ2) is 10.1. The van der Waals surface area contributed by atoms with E-state index in [1.54, 1.807) is 30.1 Å². The van der Waals surface area contributed by atoms with Crippen LogP contribution >= 0.6 is 0 Å². The third-order valence-electron chi connectivity index (χ3n) is 4.55. The van der Waals surface area contributed by atoms with E-state index in [4.69, 9.17) is 0 Å². The minimum Gasteiger partial charge on any atom is -0.376 e. The third kappa shape index (κ3) is 6.21. The summed E-state index contributed by atoms with van der Waals surface area (Å²) in [6.07, 6.45) is 0. The molecule has 3 aromatic rings. The summed E-state index contributed by atoms with van der Waals surface area (Å²) in [7, 11) is 1.78. The first-order chi connectivity index (χ1) is 14.1. The van der Waals surface area contributed by atoms with Crippen LogP contribution < -0.4 is 10.6 Å². The van der Waals surface area contributed by atoms with Crippen molar-refractivity contribution in [2.24, 2.45) is 0 Å². The van der Waals surface area contributed by atoms with Gasteiger partial charge in [0.2, 0.25) is 5.91 Å². The molecule has 0 heterocycles. The molecule has 2 amide bonds. The Morgan fingerprint density at radius 3 is 2.17 bits per heavy atom. The van der Waals surface area contributed by atoms with Crippen molar-refractivity contribution in [3.05, 3.63) is 102 Å². The van der Waals surface area contributed by atoms with Gasteiger partial charge in [-0.05, 0) is 29.3 Å². The number of rotatable bonds is 8. The first-order valence-electron chi connectivity index (χ1n) is 9.56. The molecule has 0 spiro atoms. The van der Waals surface area contributed by atoms with Gasteiger partial charge >= 0.3 is 0 Å². The van der Waals surface area contributed by atoms with E-state index in [0.717, 1.165) is 16.8 Å². The summed E-state index contributed by atoms with van der Waals surface area (Å²) in [4.78, 5) is 26.5. The molecule has 0 aliphatic carbocycles. The monoisotopic (exact) mass is 387 g/mol. The Kier molecular flexibility index (Phi) is 7.00. The van der Waals surface area contributed by atoms with Crippen LogP contribution in [0.5, 0.6) is 0 Å². The largest absolute Gasteiger partial charge is 0.376 e. The van der Waals surface area contributed by atoms with Gasteiger partial charge in [0.05, 0.1) is 6.54 Å². The molecule has 5 heteroatoms. The standard InChI is InChI=1S/C24H25N3O2/c1-27(18-20-11-6-3-7-12-20)23(28)17-25-22-14-8-13-21(15-22)24(29)26-16-19-9-4-2-5-10-19/h2-15,25H,16-18H2,1H3,(H,26,29). The fraction of sp³-hybridized carbons (Fsp3) is 0.167. The lowest BCUT2D eigenvalue weighted by Gasteiger charge is -2.18. The quantitative estimate of drug-likeness (QED) is 0.620. The van der Waals surface area contributed by atoms with E-state index in [1.165, 1.54) is 0 Å². The first-order valence-corrected chi connectivity index (χ1v) is 9.56. The Morgan fingerprint density at radius 1 is 0.828 bits per heavy atom. The molecule has 0 aliphatic heterocycles. The number of likely N-dealkylation sites (N-methyl/N-ethyl adjacent to an activating group) is 1. The number of amides is 2. The first kappa shape index (κ1) is 20.1. The van der Waals surface area contributed by atoms with Gasteiger partial charge in [0.1, 0.15) is 0 Å². The SMILES string of the molecule is CN(Cc1ccccc1)C(=O)CNc1cccc(C(=O)NCc2ccccc2)c1. The van der Waals surface area contributed by atoms with Gasteiger partial charge in [0.15, 0.2) is 0 Å². The number of hydrogen-bond donors (Lipinski definition) is 2. The molecule has 0 bridgehead atoms. The van der Waals surface area contributed by atoms with Crippen LogP contribution in [-0.2, 0) is 17.9 Å². The Morgan fingerprint density at radius 2 is 1.48 bits per heavy atom. The van der Waals surface area contributed by atoms with Crippen LogP contribution in [0.4, 0.5) is 5.69 Å². The molecule has 0 aromatic heterocycles. The van der Waals surface area contributed by atoms with Crippen LogP contribution in [0.15, 0.2) is 84.9 Å². The predicted octanol–water partition coefficient (Wildman–Crippen LogP) is 3.69. The highest BCUT2D eigenvalue weighted by atomic mass is 16.2. The fourth-order valence-corrected chi connectivity index (χ4v) is 2.91. The molecular formula is C24H25N3O2. The number of anilines is 1. The maximum Gasteiger partial charge on any atom is 0.251 e. The number of nitrogens with one attached hydrogen (secondary N) is 2. The molecule has 0 saturated carbocycles. The van der Waals surface area contributed by atoms with Crippen molar-refractivity contribution >= 4 is 17.5 Å². The van der Waals surface area contributed by atoms with Crippen LogP contribution in [-0.4, -0.2) is 30.3 Å². The lowest BCUT2D eigenvalue weighted by atomic mass is 10.1. The van der Waals surface area contributed by atoms with Crippen molar-refractivity contribution in [3.8, 4) is 0 Å². The van der Waals surface area contributed by atoms with Crippen molar-refractivity contribution in [2.45, 2.75) is 13.1 Å². The van der Waals surface area contributed by atoms with Gasteiger partial charge < -0.3 is 15.5 Å². The molecule has 0 fully saturated rings. The Balaban J connectivity index is 1.51. The van der Waals surface area contributed by atoms with Crippen LogP contribution in [0.3, 0.4) is 0 Å². The Hall–Kier alpha value is -3.60. The van der Waals surface area contributed by atoms with Gasteiger partial charge in [-0.3, -0.25) is 9.59 Å². The summed E-state index contributed by atoms with van der Waals surface area (Å²) in [5.74, 6) is -0.169. The molecule has 5 nitrogen and oxygen atoms in total. The normalized spacial score (nSPS) is 10.2. The Bertz CT molecular complexity index is 943. The second-order valence-corrected chi connectivity index (χ2v) is 6.84. The average molecular weight is 387 g/mol. The van der Waals surface area contributed by atoms with Gasteiger partial charge in [0, 0.05) is 31.4 Å². The lowest BCUT2D eigenvalue weighted by Crippen LogP contribution is -2.31. The molecule has 0 atom stereocenters. The third-order valence-corrected chi connectivity index (χ3v) is 4.55.